The zero-order chi connectivity index (χ0) is 17.6. The second-order valence-electron chi connectivity index (χ2n) is 6.10. The minimum atomic E-state index is -0.308. The summed E-state index contributed by atoms with van der Waals surface area (Å²) in [5.41, 5.74) is 2.32. The molecule has 3 amide bonds. The highest BCUT2D eigenvalue weighted by molar-refractivity contribution is 5.94. The second kappa shape index (κ2) is 7.79. The fraction of sp³-hybridized carbons (Fsp3) is 0.263. The molecule has 2 aromatic carbocycles. The molecule has 0 aromatic heterocycles. The monoisotopic (exact) mass is 341 g/mol. The predicted octanol–water partition coefficient (Wildman–Crippen LogP) is 3.54. The number of hydrogen-bond donors (Lipinski definition) is 3. The van der Waals surface area contributed by atoms with Gasteiger partial charge in [-0.2, -0.15) is 0 Å². The van der Waals surface area contributed by atoms with Crippen molar-refractivity contribution in [1.29, 1.82) is 0 Å². The molecule has 0 heterocycles. The van der Waals surface area contributed by atoms with Crippen LogP contribution >= 0.6 is 0 Å². The lowest BCUT2D eigenvalue weighted by molar-refractivity contribution is -0.117. The number of rotatable bonds is 6. The van der Waals surface area contributed by atoms with Crippen molar-refractivity contribution in [2.75, 3.05) is 17.2 Å². The van der Waals surface area contributed by atoms with E-state index in [1.165, 1.54) is 12.1 Å². The highest BCUT2D eigenvalue weighted by Gasteiger charge is 2.29. The van der Waals surface area contributed by atoms with Crippen LogP contribution in [0, 0.1) is 11.7 Å². The van der Waals surface area contributed by atoms with Gasteiger partial charge in [-0.1, -0.05) is 12.1 Å². The van der Waals surface area contributed by atoms with Crippen molar-refractivity contribution in [3.05, 3.63) is 59.9 Å². The largest absolute Gasteiger partial charge is 0.338 e. The van der Waals surface area contributed by atoms with Crippen LogP contribution in [0.4, 0.5) is 20.6 Å². The Morgan fingerprint density at radius 3 is 2.12 bits per heavy atom. The smallest absolute Gasteiger partial charge is 0.319 e. The predicted molar refractivity (Wildman–Crippen MR) is 94.9 cm³/mol. The molecule has 0 atom stereocenters. The maximum atomic E-state index is 12.8. The molecule has 0 saturated heterocycles. The number of anilines is 2. The molecule has 0 bridgehead atoms. The first-order chi connectivity index (χ1) is 12.1. The van der Waals surface area contributed by atoms with Gasteiger partial charge in [-0.3, -0.25) is 4.79 Å². The van der Waals surface area contributed by atoms with E-state index in [0.29, 0.717) is 18.7 Å². The third-order valence-electron chi connectivity index (χ3n) is 3.97. The van der Waals surface area contributed by atoms with Crippen LogP contribution in [-0.2, 0) is 11.2 Å². The van der Waals surface area contributed by atoms with Gasteiger partial charge in [0.25, 0.3) is 0 Å². The molecule has 0 aliphatic heterocycles. The molecule has 1 fully saturated rings. The molecule has 130 valence electrons. The minimum absolute atomic E-state index is 0.0549. The van der Waals surface area contributed by atoms with Gasteiger partial charge in [-0.25, -0.2) is 9.18 Å². The van der Waals surface area contributed by atoms with E-state index in [-0.39, 0.29) is 23.7 Å². The van der Waals surface area contributed by atoms with Crippen LogP contribution in [-0.4, -0.2) is 18.5 Å². The molecular weight excluding hydrogens is 321 g/mol. The topological polar surface area (TPSA) is 70.2 Å². The summed E-state index contributed by atoms with van der Waals surface area (Å²) < 4.78 is 12.8. The van der Waals surface area contributed by atoms with Gasteiger partial charge < -0.3 is 16.0 Å². The Hall–Kier alpha value is -2.89. The standard InChI is InChI=1S/C19H20FN3O2/c20-15-5-1-13(2-6-15)11-12-21-19(25)23-17-9-7-16(8-10-17)22-18(24)14-3-4-14/h1-2,5-10,14H,3-4,11-12H2,(H,22,24)(H2,21,23,25). The maximum Gasteiger partial charge on any atom is 0.319 e. The number of nitrogens with one attached hydrogen (secondary N) is 3. The average molecular weight is 341 g/mol. The summed E-state index contributed by atoms with van der Waals surface area (Å²) in [4.78, 5) is 23.5. The van der Waals surface area contributed by atoms with Gasteiger partial charge in [0.2, 0.25) is 5.91 Å². The van der Waals surface area contributed by atoms with Gasteiger partial charge in [0, 0.05) is 23.8 Å². The molecule has 1 aliphatic rings. The molecule has 5 nitrogen and oxygen atoms in total. The van der Waals surface area contributed by atoms with Crippen molar-refractivity contribution in [2.45, 2.75) is 19.3 Å². The summed E-state index contributed by atoms with van der Waals surface area (Å²) in [6.45, 7) is 0.451. The lowest BCUT2D eigenvalue weighted by atomic mass is 10.1. The summed E-state index contributed by atoms with van der Waals surface area (Å²) in [5.74, 6) is -0.0600. The first kappa shape index (κ1) is 17.0. The van der Waals surface area contributed by atoms with Gasteiger partial charge in [0.05, 0.1) is 0 Å². The minimum Gasteiger partial charge on any atom is -0.338 e. The van der Waals surface area contributed by atoms with Crippen molar-refractivity contribution in [3.8, 4) is 0 Å². The Morgan fingerprint density at radius 1 is 0.920 bits per heavy atom. The molecule has 6 heteroatoms. The van der Waals surface area contributed by atoms with Gasteiger partial charge >= 0.3 is 6.03 Å². The summed E-state index contributed by atoms with van der Waals surface area (Å²) in [5, 5.41) is 8.33. The van der Waals surface area contributed by atoms with E-state index < -0.39 is 0 Å². The molecule has 0 radical (unpaired) electrons. The summed E-state index contributed by atoms with van der Waals surface area (Å²) in [7, 11) is 0. The van der Waals surface area contributed by atoms with Crippen LogP contribution in [0.15, 0.2) is 48.5 Å². The van der Waals surface area contributed by atoms with Crippen molar-refractivity contribution >= 4 is 23.3 Å². The first-order valence-corrected chi connectivity index (χ1v) is 8.30. The van der Waals surface area contributed by atoms with Gasteiger partial charge in [-0.15, -0.1) is 0 Å². The van der Waals surface area contributed by atoms with Crippen LogP contribution in [0.1, 0.15) is 18.4 Å². The van der Waals surface area contributed by atoms with E-state index >= 15 is 0 Å². The summed E-state index contributed by atoms with van der Waals surface area (Å²) in [6, 6.07) is 12.9. The Morgan fingerprint density at radius 2 is 1.52 bits per heavy atom. The Bertz CT molecular complexity index is 740. The molecular formula is C19H20FN3O2. The average Bonchev–Trinajstić information content (AvgIpc) is 3.43. The fourth-order valence-electron chi connectivity index (χ4n) is 2.37. The normalized spacial score (nSPS) is 13.2. The zero-order valence-corrected chi connectivity index (χ0v) is 13.7. The third-order valence-corrected chi connectivity index (χ3v) is 3.97. The fourth-order valence-corrected chi connectivity index (χ4v) is 2.37. The molecule has 3 N–H and O–H groups in total. The van der Waals surface area contributed by atoms with Crippen molar-refractivity contribution in [1.82, 2.24) is 5.32 Å². The number of amides is 3. The number of urea groups is 1. The third kappa shape index (κ3) is 5.31. The van der Waals surface area contributed by atoms with E-state index in [4.69, 9.17) is 0 Å². The maximum absolute atomic E-state index is 12.8. The van der Waals surface area contributed by atoms with E-state index in [0.717, 1.165) is 24.1 Å². The van der Waals surface area contributed by atoms with Crippen molar-refractivity contribution in [2.24, 2.45) is 5.92 Å². The van der Waals surface area contributed by atoms with E-state index in [1.807, 2.05) is 0 Å². The number of benzene rings is 2. The molecule has 1 aliphatic carbocycles. The van der Waals surface area contributed by atoms with Crippen LogP contribution in [0.5, 0.6) is 0 Å². The number of halogens is 1. The Kier molecular flexibility index (Phi) is 5.28. The second-order valence-corrected chi connectivity index (χ2v) is 6.10. The Balaban J connectivity index is 1.41. The van der Waals surface area contributed by atoms with Gasteiger partial charge in [-0.05, 0) is 61.2 Å². The van der Waals surface area contributed by atoms with E-state index in [9.17, 15) is 14.0 Å². The molecule has 0 spiro atoms. The number of carbonyl (C=O) groups excluding carboxylic acids is 2. The van der Waals surface area contributed by atoms with Crippen LogP contribution < -0.4 is 16.0 Å². The first-order valence-electron chi connectivity index (χ1n) is 8.30. The highest BCUT2D eigenvalue weighted by Crippen LogP contribution is 2.30. The van der Waals surface area contributed by atoms with Crippen molar-refractivity contribution < 1.29 is 14.0 Å². The van der Waals surface area contributed by atoms with Crippen LogP contribution in [0.25, 0.3) is 0 Å². The van der Waals surface area contributed by atoms with Crippen LogP contribution in [0.3, 0.4) is 0 Å². The van der Waals surface area contributed by atoms with E-state index in [1.54, 1.807) is 36.4 Å². The zero-order valence-electron chi connectivity index (χ0n) is 13.7. The van der Waals surface area contributed by atoms with Crippen LogP contribution in [0.2, 0.25) is 0 Å². The molecule has 1 saturated carbocycles. The molecule has 0 unspecified atom stereocenters. The van der Waals surface area contributed by atoms with E-state index in [2.05, 4.69) is 16.0 Å². The summed E-state index contributed by atoms with van der Waals surface area (Å²) in [6.07, 6.45) is 2.55. The number of carbonyl (C=O) groups is 2. The SMILES string of the molecule is O=C(NCCc1ccc(F)cc1)Nc1ccc(NC(=O)C2CC2)cc1. The lowest BCUT2D eigenvalue weighted by Gasteiger charge is -2.09. The highest BCUT2D eigenvalue weighted by atomic mass is 19.1. The molecule has 25 heavy (non-hydrogen) atoms. The van der Waals surface area contributed by atoms with Gasteiger partial charge in [0.15, 0.2) is 0 Å². The quantitative estimate of drug-likeness (QED) is 0.752. The number of hydrogen-bond acceptors (Lipinski definition) is 2. The lowest BCUT2D eigenvalue weighted by Crippen LogP contribution is -2.30. The summed E-state index contributed by atoms with van der Waals surface area (Å²) >= 11 is 0. The molecule has 2 aromatic rings. The van der Waals surface area contributed by atoms with Gasteiger partial charge in [0.1, 0.15) is 5.82 Å². The van der Waals surface area contributed by atoms with Crippen molar-refractivity contribution in [3.63, 3.8) is 0 Å². The molecule has 3 rings (SSSR count). The Labute approximate surface area is 145 Å².